The molecule has 2 nitrogen and oxygen atoms in total. The molecule has 0 spiro atoms. The van der Waals surface area contributed by atoms with Crippen molar-refractivity contribution in [3.63, 3.8) is 0 Å². The maximum absolute atomic E-state index is 3.92. The lowest BCUT2D eigenvalue weighted by atomic mass is 10.1. The zero-order valence-electron chi connectivity index (χ0n) is 11.0. The van der Waals surface area contributed by atoms with Crippen molar-refractivity contribution in [2.75, 3.05) is 0 Å². The Balaban J connectivity index is 0.000000131. The fraction of sp³-hybridized carbons (Fsp3) is 0. The van der Waals surface area contributed by atoms with Gasteiger partial charge in [-0.3, -0.25) is 9.98 Å². The van der Waals surface area contributed by atoms with Gasteiger partial charge >= 0.3 is 0 Å². The Kier molecular flexibility index (Phi) is 3.65. The molecule has 2 aromatic carbocycles. The Hall–Kier alpha value is -2.74. The highest BCUT2D eigenvalue weighted by molar-refractivity contribution is 6.04. The highest BCUT2D eigenvalue weighted by atomic mass is 14.8. The van der Waals surface area contributed by atoms with Crippen LogP contribution in [0.5, 0.6) is 0 Å². The van der Waals surface area contributed by atoms with Gasteiger partial charge in [0.05, 0.1) is 0 Å². The highest BCUT2D eigenvalue weighted by Gasteiger charge is 2.07. The molecule has 4 rings (SSSR count). The summed E-state index contributed by atoms with van der Waals surface area (Å²) in [4.78, 5) is 7.84. The fourth-order valence-electron chi connectivity index (χ4n) is 2.02. The largest absolute Gasteiger partial charge is 0.263 e. The van der Waals surface area contributed by atoms with Crippen LogP contribution in [0.1, 0.15) is 0 Å². The van der Waals surface area contributed by atoms with E-state index in [2.05, 4.69) is 58.5 Å². The predicted molar refractivity (Wildman–Crippen MR) is 85.0 cm³/mol. The van der Waals surface area contributed by atoms with Crippen LogP contribution in [0, 0.1) is 0 Å². The van der Waals surface area contributed by atoms with Gasteiger partial charge in [0.2, 0.25) is 0 Å². The standard InChI is InChI=1S/C12H10.C6H4N2/c1-3-7-11(8-4-1)12-9-5-2-6-10-12;1-5-2-8-4-6(5)3-7-1/h1-10H;1-4H. The molecule has 0 atom stereocenters. The van der Waals surface area contributed by atoms with Gasteiger partial charge in [0, 0.05) is 36.0 Å². The van der Waals surface area contributed by atoms with Crippen LogP contribution in [-0.4, -0.2) is 12.4 Å². The van der Waals surface area contributed by atoms with Crippen molar-refractivity contribution in [3.05, 3.63) is 84.2 Å². The van der Waals surface area contributed by atoms with Gasteiger partial charge in [-0.25, -0.2) is 0 Å². The summed E-state index contributed by atoms with van der Waals surface area (Å²) >= 11 is 0. The molecule has 0 amide bonds. The zero-order valence-corrected chi connectivity index (χ0v) is 11.0. The first-order valence-corrected chi connectivity index (χ1v) is 6.51. The molecular weight excluding hydrogens is 244 g/mol. The highest BCUT2D eigenvalue weighted by Crippen LogP contribution is 2.17. The van der Waals surface area contributed by atoms with Gasteiger partial charge in [0.15, 0.2) is 0 Å². The molecule has 0 radical (unpaired) electrons. The lowest BCUT2D eigenvalue weighted by Gasteiger charge is -1.98. The van der Waals surface area contributed by atoms with E-state index < -0.39 is 0 Å². The van der Waals surface area contributed by atoms with E-state index in [0.29, 0.717) is 0 Å². The Morgan fingerprint density at radius 1 is 0.500 bits per heavy atom. The minimum Gasteiger partial charge on any atom is -0.263 e. The van der Waals surface area contributed by atoms with Crippen molar-refractivity contribution in [1.82, 2.24) is 0 Å². The molecule has 0 fully saturated rings. The number of hydrogen-bond acceptors (Lipinski definition) is 2. The molecule has 0 saturated carbocycles. The predicted octanol–water partition coefficient (Wildman–Crippen LogP) is 4.28. The third-order valence-corrected chi connectivity index (χ3v) is 3.07. The molecular formula is C18H14N2. The first-order valence-electron chi connectivity index (χ1n) is 6.51. The van der Waals surface area contributed by atoms with E-state index in [1.54, 1.807) is 0 Å². The van der Waals surface area contributed by atoms with Crippen molar-refractivity contribution < 1.29 is 0 Å². The quantitative estimate of drug-likeness (QED) is 0.729. The second-order valence-electron chi connectivity index (χ2n) is 4.46. The molecule has 0 saturated heterocycles. The molecule has 0 unspecified atom stereocenters. The Bertz CT molecular complexity index is 629. The topological polar surface area (TPSA) is 24.7 Å². The van der Waals surface area contributed by atoms with Crippen LogP contribution in [-0.2, 0) is 0 Å². The lowest BCUT2D eigenvalue weighted by molar-refractivity contribution is 1.61. The Morgan fingerprint density at radius 2 is 0.900 bits per heavy atom. The SMILES string of the molecule is C1=NC=C2C=NC=C12.c1ccc(-c2ccccc2)cc1. The summed E-state index contributed by atoms with van der Waals surface area (Å²) in [5, 5.41) is 0. The van der Waals surface area contributed by atoms with Gasteiger partial charge < -0.3 is 0 Å². The minimum atomic E-state index is 1.13. The maximum Gasteiger partial charge on any atom is 0.0363 e. The average Bonchev–Trinajstić information content (AvgIpc) is 3.14. The van der Waals surface area contributed by atoms with Crippen molar-refractivity contribution in [1.29, 1.82) is 0 Å². The van der Waals surface area contributed by atoms with Crippen molar-refractivity contribution in [2.24, 2.45) is 9.98 Å². The van der Waals surface area contributed by atoms with Crippen molar-refractivity contribution >= 4 is 12.4 Å². The smallest absolute Gasteiger partial charge is 0.0363 e. The summed E-state index contributed by atoms with van der Waals surface area (Å²) in [7, 11) is 0. The van der Waals surface area contributed by atoms with Crippen LogP contribution in [0.15, 0.2) is 94.2 Å². The number of hydrogen-bond donors (Lipinski definition) is 0. The van der Waals surface area contributed by atoms with Crippen molar-refractivity contribution in [3.8, 4) is 11.1 Å². The maximum atomic E-state index is 3.92. The van der Waals surface area contributed by atoms with Crippen molar-refractivity contribution in [2.45, 2.75) is 0 Å². The summed E-state index contributed by atoms with van der Waals surface area (Å²) in [5.41, 5.74) is 4.81. The third-order valence-electron chi connectivity index (χ3n) is 3.07. The normalized spacial score (nSPS) is 14.2. The van der Waals surface area contributed by atoms with Crippen LogP contribution in [0.3, 0.4) is 0 Å². The molecule has 0 aromatic heterocycles. The van der Waals surface area contributed by atoms with E-state index >= 15 is 0 Å². The number of allylic oxidation sites excluding steroid dienone is 2. The lowest BCUT2D eigenvalue weighted by Crippen LogP contribution is -1.78. The molecule has 20 heavy (non-hydrogen) atoms. The molecule has 2 aliphatic rings. The van der Waals surface area contributed by atoms with E-state index in [1.807, 2.05) is 37.0 Å². The Morgan fingerprint density at radius 3 is 1.30 bits per heavy atom. The summed E-state index contributed by atoms with van der Waals surface area (Å²) in [6.07, 6.45) is 7.23. The molecule has 96 valence electrons. The van der Waals surface area contributed by atoms with Crippen LogP contribution in [0.4, 0.5) is 0 Å². The molecule has 2 aliphatic heterocycles. The summed E-state index contributed by atoms with van der Waals surface area (Å²) < 4.78 is 0. The van der Waals surface area contributed by atoms with Gasteiger partial charge in [-0.2, -0.15) is 0 Å². The molecule has 2 heterocycles. The summed E-state index contributed by atoms with van der Waals surface area (Å²) in [6, 6.07) is 20.8. The monoisotopic (exact) mass is 258 g/mol. The molecule has 0 N–H and O–H groups in total. The van der Waals surface area contributed by atoms with Gasteiger partial charge in [-0.15, -0.1) is 0 Å². The number of nitrogens with zero attached hydrogens (tertiary/aromatic N) is 2. The number of aliphatic imine (C=N–C) groups is 2. The van der Waals surface area contributed by atoms with Gasteiger partial charge in [-0.1, -0.05) is 60.7 Å². The van der Waals surface area contributed by atoms with Crippen LogP contribution < -0.4 is 0 Å². The summed E-state index contributed by atoms with van der Waals surface area (Å²) in [6.45, 7) is 0. The second-order valence-corrected chi connectivity index (χ2v) is 4.46. The third kappa shape index (κ3) is 2.81. The number of rotatable bonds is 1. The fourth-order valence-corrected chi connectivity index (χ4v) is 2.02. The minimum absolute atomic E-state index is 1.13. The Labute approximate surface area is 118 Å². The molecule has 2 heteroatoms. The van der Waals surface area contributed by atoms with Crippen LogP contribution >= 0.6 is 0 Å². The average molecular weight is 258 g/mol. The van der Waals surface area contributed by atoms with E-state index in [0.717, 1.165) is 11.1 Å². The molecule has 2 aromatic rings. The van der Waals surface area contributed by atoms with Gasteiger partial charge in [0.1, 0.15) is 0 Å². The van der Waals surface area contributed by atoms with Crippen LogP contribution in [0.25, 0.3) is 11.1 Å². The second kappa shape index (κ2) is 5.93. The molecule has 0 aliphatic carbocycles. The van der Waals surface area contributed by atoms with Crippen LogP contribution in [0.2, 0.25) is 0 Å². The first-order chi connectivity index (χ1) is 9.93. The number of benzene rings is 2. The first kappa shape index (κ1) is 12.3. The van der Waals surface area contributed by atoms with E-state index in [-0.39, 0.29) is 0 Å². The van der Waals surface area contributed by atoms with E-state index in [9.17, 15) is 0 Å². The summed E-state index contributed by atoms with van der Waals surface area (Å²) in [5.74, 6) is 0. The van der Waals surface area contributed by atoms with E-state index in [4.69, 9.17) is 0 Å². The number of fused-ring (bicyclic) bond motifs is 1. The van der Waals surface area contributed by atoms with Gasteiger partial charge in [0.25, 0.3) is 0 Å². The van der Waals surface area contributed by atoms with Gasteiger partial charge in [-0.05, 0) is 11.1 Å². The molecule has 0 bridgehead atoms. The zero-order chi connectivity index (χ0) is 13.6. The van der Waals surface area contributed by atoms with E-state index in [1.165, 1.54) is 11.1 Å².